The second-order valence-electron chi connectivity index (χ2n) is 2.60. The van der Waals surface area contributed by atoms with Crippen molar-refractivity contribution in [1.82, 2.24) is 0 Å². The van der Waals surface area contributed by atoms with Crippen molar-refractivity contribution in [2.75, 3.05) is 0 Å². The number of rotatable bonds is 1. The van der Waals surface area contributed by atoms with Crippen molar-refractivity contribution in [3.05, 3.63) is 41.3 Å². The lowest BCUT2D eigenvalue weighted by Gasteiger charge is -2.00. The molecule has 0 spiro atoms. The molecule has 2 rings (SSSR count). The summed E-state index contributed by atoms with van der Waals surface area (Å²) in [6.45, 7) is 0. The number of benzene rings is 1. The van der Waals surface area contributed by atoms with Gasteiger partial charge in [0.25, 0.3) is 0 Å². The van der Waals surface area contributed by atoms with Crippen molar-refractivity contribution in [1.29, 1.82) is 0 Å². The monoisotopic (exact) mass is 237 g/mol. The molecular formula is C10H6BrO2. The van der Waals surface area contributed by atoms with E-state index in [1.54, 1.807) is 18.2 Å². The molecule has 0 bridgehead atoms. The third-order valence-electron chi connectivity index (χ3n) is 1.72. The quantitative estimate of drug-likeness (QED) is 0.827. The maximum atomic E-state index is 9.57. The standard InChI is InChI=1S/C10H6BrO2/c11-8-1-2-9(10(12)5-8)7-3-4-13-6-7/h1-5,12H. The summed E-state index contributed by atoms with van der Waals surface area (Å²) in [5, 5.41) is 9.57. The molecule has 2 nitrogen and oxygen atoms in total. The lowest BCUT2D eigenvalue weighted by molar-refractivity contribution is 0.476. The fourth-order valence-electron chi connectivity index (χ4n) is 1.11. The number of halogens is 1. The van der Waals surface area contributed by atoms with E-state index in [4.69, 9.17) is 4.42 Å². The van der Waals surface area contributed by atoms with Crippen LogP contribution in [0.4, 0.5) is 0 Å². The zero-order valence-corrected chi connectivity index (χ0v) is 8.21. The molecular weight excluding hydrogens is 232 g/mol. The van der Waals surface area contributed by atoms with Crippen LogP contribution in [0, 0.1) is 6.26 Å². The number of hydrogen-bond acceptors (Lipinski definition) is 2. The van der Waals surface area contributed by atoms with Crippen molar-refractivity contribution < 1.29 is 9.52 Å². The first-order valence-electron chi connectivity index (χ1n) is 3.71. The molecule has 0 unspecified atom stereocenters. The van der Waals surface area contributed by atoms with E-state index in [9.17, 15) is 5.11 Å². The molecule has 0 aliphatic heterocycles. The Morgan fingerprint density at radius 1 is 1.31 bits per heavy atom. The van der Waals surface area contributed by atoms with E-state index >= 15 is 0 Å². The molecule has 0 aliphatic carbocycles. The minimum absolute atomic E-state index is 0.215. The summed E-state index contributed by atoms with van der Waals surface area (Å²) < 4.78 is 5.65. The molecule has 1 aromatic heterocycles. The Kier molecular flexibility index (Phi) is 2.10. The maximum Gasteiger partial charge on any atom is 0.177 e. The van der Waals surface area contributed by atoms with Crippen LogP contribution in [0.25, 0.3) is 11.1 Å². The van der Waals surface area contributed by atoms with Crippen LogP contribution in [0.2, 0.25) is 0 Å². The van der Waals surface area contributed by atoms with E-state index in [1.807, 2.05) is 6.07 Å². The van der Waals surface area contributed by atoms with Crippen molar-refractivity contribution >= 4 is 15.9 Å². The molecule has 0 saturated heterocycles. The predicted octanol–water partition coefficient (Wildman–Crippen LogP) is 3.21. The highest BCUT2D eigenvalue weighted by atomic mass is 79.9. The summed E-state index contributed by atoms with van der Waals surface area (Å²) in [6.07, 6.45) is 4.19. The minimum Gasteiger partial charge on any atom is -0.507 e. The highest BCUT2D eigenvalue weighted by molar-refractivity contribution is 9.10. The molecule has 13 heavy (non-hydrogen) atoms. The first-order valence-corrected chi connectivity index (χ1v) is 4.51. The molecule has 0 saturated carbocycles. The first-order chi connectivity index (χ1) is 6.27. The number of aromatic hydroxyl groups is 1. The Morgan fingerprint density at radius 2 is 2.15 bits per heavy atom. The smallest absolute Gasteiger partial charge is 0.177 e. The Labute approximate surface area is 83.9 Å². The van der Waals surface area contributed by atoms with Gasteiger partial charge >= 0.3 is 0 Å². The Balaban J connectivity index is 2.53. The van der Waals surface area contributed by atoms with Crippen molar-refractivity contribution in [3.63, 3.8) is 0 Å². The Hall–Kier alpha value is -1.22. The summed E-state index contributed by atoms with van der Waals surface area (Å²) in [4.78, 5) is 0. The number of furan rings is 1. The van der Waals surface area contributed by atoms with Gasteiger partial charge in [0.1, 0.15) is 5.75 Å². The van der Waals surface area contributed by atoms with E-state index in [0.29, 0.717) is 0 Å². The van der Waals surface area contributed by atoms with Crippen LogP contribution in [0.3, 0.4) is 0 Å². The second kappa shape index (κ2) is 3.26. The molecule has 1 aromatic carbocycles. The lowest BCUT2D eigenvalue weighted by Crippen LogP contribution is -1.75. The van der Waals surface area contributed by atoms with E-state index < -0.39 is 0 Å². The molecule has 1 N–H and O–H groups in total. The highest BCUT2D eigenvalue weighted by Crippen LogP contribution is 2.31. The molecule has 0 amide bonds. The van der Waals surface area contributed by atoms with E-state index in [0.717, 1.165) is 15.6 Å². The molecule has 65 valence electrons. The van der Waals surface area contributed by atoms with Crippen LogP contribution in [0.15, 0.2) is 39.4 Å². The van der Waals surface area contributed by atoms with Gasteiger partial charge in [0.2, 0.25) is 0 Å². The zero-order chi connectivity index (χ0) is 9.26. The summed E-state index contributed by atoms with van der Waals surface area (Å²) >= 11 is 3.27. The molecule has 1 radical (unpaired) electrons. The van der Waals surface area contributed by atoms with Gasteiger partial charge in [0.15, 0.2) is 6.26 Å². The van der Waals surface area contributed by atoms with Crippen LogP contribution in [0.5, 0.6) is 5.75 Å². The van der Waals surface area contributed by atoms with Gasteiger partial charge in [0.05, 0.1) is 6.26 Å². The van der Waals surface area contributed by atoms with Crippen LogP contribution in [0.1, 0.15) is 0 Å². The molecule has 0 aliphatic rings. The zero-order valence-electron chi connectivity index (χ0n) is 6.62. The highest BCUT2D eigenvalue weighted by Gasteiger charge is 2.05. The second-order valence-corrected chi connectivity index (χ2v) is 3.51. The third kappa shape index (κ3) is 1.60. The average Bonchev–Trinajstić information content (AvgIpc) is 2.56. The van der Waals surface area contributed by atoms with Gasteiger partial charge in [-0.05, 0) is 24.3 Å². The molecule has 3 heteroatoms. The van der Waals surface area contributed by atoms with E-state index in [2.05, 4.69) is 22.2 Å². The average molecular weight is 238 g/mol. The minimum atomic E-state index is 0.215. The fraction of sp³-hybridized carbons (Fsp3) is 0. The van der Waals surface area contributed by atoms with Crippen molar-refractivity contribution in [2.45, 2.75) is 0 Å². The molecule has 2 aromatic rings. The van der Waals surface area contributed by atoms with Crippen LogP contribution >= 0.6 is 15.9 Å². The Morgan fingerprint density at radius 3 is 2.77 bits per heavy atom. The maximum absolute atomic E-state index is 9.57. The van der Waals surface area contributed by atoms with Crippen LogP contribution in [-0.4, -0.2) is 5.11 Å². The number of phenols is 1. The SMILES string of the molecule is Oc1cc(Br)ccc1-c1[c]occ1. The lowest BCUT2D eigenvalue weighted by atomic mass is 10.1. The number of phenolic OH excluding ortho intramolecular Hbond substituents is 1. The van der Waals surface area contributed by atoms with Crippen molar-refractivity contribution in [3.8, 4) is 16.9 Å². The van der Waals surface area contributed by atoms with Gasteiger partial charge in [-0.3, -0.25) is 0 Å². The summed E-state index contributed by atoms with van der Waals surface area (Å²) in [5.41, 5.74) is 1.47. The first kappa shape index (κ1) is 8.38. The van der Waals surface area contributed by atoms with Gasteiger partial charge in [-0.1, -0.05) is 15.9 Å². The largest absolute Gasteiger partial charge is 0.507 e. The Bertz CT molecular complexity index is 407. The van der Waals surface area contributed by atoms with Gasteiger partial charge in [-0.2, -0.15) is 0 Å². The van der Waals surface area contributed by atoms with Crippen LogP contribution < -0.4 is 0 Å². The normalized spacial score (nSPS) is 10.2. The van der Waals surface area contributed by atoms with Gasteiger partial charge < -0.3 is 9.52 Å². The topological polar surface area (TPSA) is 33.4 Å². The van der Waals surface area contributed by atoms with Gasteiger partial charge in [-0.25, -0.2) is 0 Å². The summed E-state index contributed by atoms with van der Waals surface area (Å²) in [6, 6.07) is 7.05. The summed E-state index contributed by atoms with van der Waals surface area (Å²) in [5.74, 6) is 0.215. The molecule has 0 fully saturated rings. The number of hydrogen-bond donors (Lipinski definition) is 1. The third-order valence-corrected chi connectivity index (χ3v) is 2.21. The van der Waals surface area contributed by atoms with Gasteiger partial charge in [0, 0.05) is 15.6 Å². The van der Waals surface area contributed by atoms with E-state index in [1.165, 1.54) is 6.26 Å². The van der Waals surface area contributed by atoms with Crippen molar-refractivity contribution in [2.24, 2.45) is 0 Å². The van der Waals surface area contributed by atoms with E-state index in [-0.39, 0.29) is 5.75 Å². The molecule has 1 heterocycles. The van der Waals surface area contributed by atoms with Gasteiger partial charge in [-0.15, -0.1) is 0 Å². The fourth-order valence-corrected chi connectivity index (χ4v) is 1.46. The van der Waals surface area contributed by atoms with Crippen LogP contribution in [-0.2, 0) is 0 Å². The molecule has 0 atom stereocenters. The summed E-state index contributed by atoms with van der Waals surface area (Å²) in [7, 11) is 0. The predicted molar refractivity (Wildman–Crippen MR) is 52.3 cm³/mol.